The Balaban J connectivity index is 1.85. The van der Waals surface area contributed by atoms with Crippen molar-refractivity contribution in [3.8, 4) is 11.5 Å². The summed E-state index contributed by atoms with van der Waals surface area (Å²) < 4.78 is 11.2. The van der Waals surface area contributed by atoms with Gasteiger partial charge in [0.15, 0.2) is 16.7 Å². The fourth-order valence-electron chi connectivity index (χ4n) is 2.61. The van der Waals surface area contributed by atoms with Crippen molar-refractivity contribution in [1.29, 1.82) is 0 Å². The molecule has 8 heteroatoms. The fourth-order valence-corrected chi connectivity index (χ4v) is 4.16. The summed E-state index contributed by atoms with van der Waals surface area (Å²) in [5, 5.41) is 3.07. The third-order valence-electron chi connectivity index (χ3n) is 4.05. The third-order valence-corrected chi connectivity index (χ3v) is 5.72. The molecule has 1 aliphatic heterocycles. The highest BCUT2D eigenvalue weighted by Gasteiger charge is 2.32. The normalized spacial score (nSPS) is 16.6. The van der Waals surface area contributed by atoms with E-state index in [-0.39, 0.29) is 5.91 Å². The van der Waals surface area contributed by atoms with Gasteiger partial charge < -0.3 is 9.47 Å². The number of hydrogen-bond donors (Lipinski definition) is 0. The summed E-state index contributed by atoms with van der Waals surface area (Å²) in [6, 6.07) is 5.66. The molecule has 1 aliphatic rings. The van der Waals surface area contributed by atoms with Gasteiger partial charge in [-0.1, -0.05) is 25.5 Å². The number of benzene rings is 1. The Bertz CT molecular complexity index is 923. The van der Waals surface area contributed by atoms with E-state index in [0.29, 0.717) is 39.9 Å². The van der Waals surface area contributed by atoms with E-state index in [2.05, 4.69) is 23.5 Å². The molecule has 0 unspecified atom stereocenters. The van der Waals surface area contributed by atoms with Crippen molar-refractivity contribution in [3.63, 3.8) is 0 Å². The molecule has 1 aromatic heterocycles. The van der Waals surface area contributed by atoms with Crippen molar-refractivity contribution in [3.05, 3.63) is 52.9 Å². The highest BCUT2D eigenvalue weighted by atomic mass is 32.2. The van der Waals surface area contributed by atoms with Gasteiger partial charge in [0.05, 0.1) is 18.6 Å². The highest BCUT2D eigenvalue weighted by Crippen LogP contribution is 2.36. The first-order chi connectivity index (χ1) is 14.2. The molecule has 1 amide bonds. The third kappa shape index (κ3) is 5.27. The molecule has 6 nitrogen and oxygen atoms in total. The SMILES string of the molecule is C=CCN1C(=O)/C(=C/c2ccc(OCCCC)c(OC)c2)S/C1=N/c1nccs1. The fraction of sp³-hybridized carbons (Fsp3) is 0.286. The van der Waals surface area contributed by atoms with Gasteiger partial charge in [-0.15, -0.1) is 17.9 Å². The van der Waals surface area contributed by atoms with E-state index in [9.17, 15) is 4.79 Å². The summed E-state index contributed by atoms with van der Waals surface area (Å²) in [5.74, 6) is 1.24. The predicted octanol–water partition coefficient (Wildman–Crippen LogP) is 5.12. The lowest BCUT2D eigenvalue weighted by Crippen LogP contribution is -2.29. The summed E-state index contributed by atoms with van der Waals surface area (Å²) in [7, 11) is 1.61. The van der Waals surface area contributed by atoms with Gasteiger partial charge in [-0.3, -0.25) is 9.69 Å². The molecule has 0 atom stereocenters. The molecule has 2 aromatic rings. The van der Waals surface area contributed by atoms with Crippen LogP contribution in [0.15, 0.2) is 52.3 Å². The summed E-state index contributed by atoms with van der Waals surface area (Å²) >= 11 is 2.75. The summed E-state index contributed by atoms with van der Waals surface area (Å²) in [6.07, 6.45) is 7.27. The minimum Gasteiger partial charge on any atom is -0.493 e. The maximum atomic E-state index is 12.9. The smallest absolute Gasteiger partial charge is 0.267 e. The van der Waals surface area contributed by atoms with E-state index in [1.807, 2.05) is 29.7 Å². The average Bonchev–Trinajstić information content (AvgIpc) is 3.33. The van der Waals surface area contributed by atoms with Gasteiger partial charge in [-0.25, -0.2) is 4.98 Å². The Labute approximate surface area is 179 Å². The molecule has 0 spiro atoms. The number of ether oxygens (including phenoxy) is 2. The van der Waals surface area contributed by atoms with E-state index in [4.69, 9.17) is 9.47 Å². The number of carbonyl (C=O) groups is 1. The van der Waals surface area contributed by atoms with Crippen molar-refractivity contribution >= 4 is 45.4 Å². The molecule has 0 radical (unpaired) electrons. The lowest BCUT2D eigenvalue weighted by atomic mass is 10.2. The van der Waals surface area contributed by atoms with E-state index in [0.717, 1.165) is 18.4 Å². The molecule has 29 heavy (non-hydrogen) atoms. The molecular formula is C21H23N3O3S2. The van der Waals surface area contributed by atoms with Crippen LogP contribution in [0.5, 0.6) is 11.5 Å². The quantitative estimate of drug-likeness (QED) is 0.314. The molecule has 1 saturated heterocycles. The van der Waals surface area contributed by atoms with Gasteiger partial charge in [-0.05, 0) is 42.0 Å². The van der Waals surface area contributed by atoms with Crippen LogP contribution in [0.1, 0.15) is 25.3 Å². The second kappa shape index (κ2) is 10.3. The number of amides is 1. The number of hydrogen-bond acceptors (Lipinski definition) is 7. The average molecular weight is 430 g/mol. The maximum Gasteiger partial charge on any atom is 0.267 e. The lowest BCUT2D eigenvalue weighted by Gasteiger charge is -2.12. The Morgan fingerprint density at radius 1 is 1.34 bits per heavy atom. The molecule has 2 heterocycles. The Hall–Kier alpha value is -2.58. The van der Waals surface area contributed by atoms with Gasteiger partial charge in [0.2, 0.25) is 5.13 Å². The molecule has 0 saturated carbocycles. The van der Waals surface area contributed by atoms with Crippen LogP contribution >= 0.6 is 23.1 Å². The zero-order valence-electron chi connectivity index (χ0n) is 16.5. The van der Waals surface area contributed by atoms with Crippen LogP contribution in [-0.4, -0.2) is 41.2 Å². The van der Waals surface area contributed by atoms with Crippen LogP contribution in [0.4, 0.5) is 5.13 Å². The number of methoxy groups -OCH3 is 1. The van der Waals surface area contributed by atoms with Crippen molar-refractivity contribution < 1.29 is 14.3 Å². The first kappa shape index (κ1) is 21.1. The number of carbonyl (C=O) groups excluding carboxylic acids is 1. The van der Waals surface area contributed by atoms with Crippen LogP contribution in [-0.2, 0) is 4.79 Å². The van der Waals surface area contributed by atoms with Crippen molar-refractivity contribution in [2.45, 2.75) is 19.8 Å². The van der Waals surface area contributed by atoms with Crippen LogP contribution in [0.25, 0.3) is 6.08 Å². The van der Waals surface area contributed by atoms with Crippen LogP contribution < -0.4 is 9.47 Å². The molecular weight excluding hydrogens is 406 g/mol. The molecule has 152 valence electrons. The topological polar surface area (TPSA) is 64.0 Å². The van der Waals surface area contributed by atoms with Gasteiger partial charge >= 0.3 is 0 Å². The van der Waals surface area contributed by atoms with Gasteiger partial charge in [0.1, 0.15) is 0 Å². The molecule has 1 fully saturated rings. The summed E-state index contributed by atoms with van der Waals surface area (Å²) in [6.45, 7) is 6.90. The Morgan fingerprint density at radius 2 is 2.21 bits per heavy atom. The second-order valence-electron chi connectivity index (χ2n) is 6.14. The predicted molar refractivity (Wildman–Crippen MR) is 120 cm³/mol. The van der Waals surface area contributed by atoms with Crippen molar-refractivity contribution in [2.24, 2.45) is 4.99 Å². The Kier molecular flexibility index (Phi) is 7.48. The van der Waals surface area contributed by atoms with Gasteiger partial charge in [-0.2, -0.15) is 4.99 Å². The number of aromatic nitrogens is 1. The minimum atomic E-state index is -0.104. The first-order valence-electron chi connectivity index (χ1n) is 9.27. The zero-order valence-corrected chi connectivity index (χ0v) is 18.1. The summed E-state index contributed by atoms with van der Waals surface area (Å²) in [5.41, 5.74) is 0.856. The highest BCUT2D eigenvalue weighted by molar-refractivity contribution is 8.18. The monoisotopic (exact) mass is 429 g/mol. The largest absolute Gasteiger partial charge is 0.493 e. The minimum absolute atomic E-state index is 0.104. The van der Waals surface area contributed by atoms with Crippen molar-refractivity contribution in [2.75, 3.05) is 20.3 Å². The van der Waals surface area contributed by atoms with Crippen LogP contribution in [0.3, 0.4) is 0 Å². The van der Waals surface area contributed by atoms with Gasteiger partial charge in [0.25, 0.3) is 5.91 Å². The lowest BCUT2D eigenvalue weighted by molar-refractivity contribution is -0.121. The molecule has 3 rings (SSSR count). The number of amidine groups is 1. The molecule has 0 aliphatic carbocycles. The van der Waals surface area contributed by atoms with Crippen LogP contribution in [0, 0.1) is 0 Å². The van der Waals surface area contributed by atoms with Crippen LogP contribution in [0.2, 0.25) is 0 Å². The molecule has 0 N–H and O–H groups in total. The summed E-state index contributed by atoms with van der Waals surface area (Å²) in [4.78, 5) is 23.7. The maximum absolute atomic E-state index is 12.9. The number of aliphatic imine (C=N–C) groups is 1. The zero-order chi connectivity index (χ0) is 20.6. The van der Waals surface area contributed by atoms with E-state index in [1.165, 1.54) is 23.1 Å². The van der Waals surface area contributed by atoms with E-state index < -0.39 is 0 Å². The molecule has 1 aromatic carbocycles. The second-order valence-corrected chi connectivity index (χ2v) is 8.02. The molecule has 0 bridgehead atoms. The standard InChI is InChI=1S/C21H23N3O3S2/c1-4-6-11-27-16-8-7-15(13-17(16)26-3)14-18-19(25)24(10-5-2)21(29-18)23-20-22-9-12-28-20/h5,7-9,12-14H,2,4,6,10-11H2,1,3H3/b18-14-,23-21+. The van der Waals surface area contributed by atoms with Crippen molar-refractivity contribution in [1.82, 2.24) is 9.88 Å². The van der Waals surface area contributed by atoms with E-state index in [1.54, 1.807) is 24.3 Å². The first-order valence-corrected chi connectivity index (χ1v) is 11.0. The Morgan fingerprint density at radius 3 is 2.90 bits per heavy atom. The number of nitrogens with zero attached hydrogens (tertiary/aromatic N) is 3. The number of rotatable bonds is 9. The number of unbranched alkanes of at least 4 members (excludes halogenated alkanes) is 1. The van der Waals surface area contributed by atoms with Gasteiger partial charge in [0, 0.05) is 18.1 Å². The number of thioether (sulfide) groups is 1. The number of thiazole rings is 1. The van der Waals surface area contributed by atoms with E-state index >= 15 is 0 Å².